The van der Waals surface area contributed by atoms with E-state index in [4.69, 9.17) is 9.84 Å². The van der Waals surface area contributed by atoms with E-state index >= 15 is 0 Å². The van der Waals surface area contributed by atoms with Gasteiger partial charge in [0.2, 0.25) is 6.23 Å². The van der Waals surface area contributed by atoms with E-state index in [2.05, 4.69) is 53.2 Å². The van der Waals surface area contributed by atoms with Crippen molar-refractivity contribution in [3.05, 3.63) is 104 Å². The number of nitro groups is 1. The lowest BCUT2D eigenvalue weighted by Gasteiger charge is -2.38. The van der Waals surface area contributed by atoms with E-state index in [1.54, 1.807) is 12.1 Å². The summed E-state index contributed by atoms with van der Waals surface area (Å²) >= 11 is 3.56. The van der Waals surface area contributed by atoms with Crippen molar-refractivity contribution in [2.75, 3.05) is 0 Å². The summed E-state index contributed by atoms with van der Waals surface area (Å²) < 4.78 is 7.31. The van der Waals surface area contributed by atoms with Crippen LogP contribution in [0.1, 0.15) is 40.9 Å². The maximum absolute atomic E-state index is 11.0. The first-order valence-electron chi connectivity index (χ1n) is 9.63. The summed E-state index contributed by atoms with van der Waals surface area (Å²) in [5.74, 6) is 0.808. The number of nitro benzene ring substituents is 1. The number of ether oxygens (including phenoxy) is 1. The lowest BCUT2D eigenvalue weighted by atomic mass is 9.95. The van der Waals surface area contributed by atoms with Gasteiger partial charge in [-0.1, -0.05) is 45.8 Å². The van der Waals surface area contributed by atoms with Crippen molar-refractivity contribution in [1.29, 1.82) is 0 Å². The van der Waals surface area contributed by atoms with Crippen LogP contribution in [0, 0.1) is 17.0 Å². The van der Waals surface area contributed by atoms with Gasteiger partial charge in [-0.05, 0) is 42.8 Å². The van der Waals surface area contributed by atoms with Gasteiger partial charge in [0.1, 0.15) is 5.75 Å². The standard InChI is InChI=1S/C23H18BrN3O3/c1-14-2-4-15(5-3-14)20-13-21-19-12-17(24)8-11-22(19)30-23(26(21)25-20)16-6-9-18(10-7-16)27(28)29/h2-12,21,23H,13H2,1H3/t21-,23+/m0/s1. The molecule has 2 aliphatic heterocycles. The lowest BCUT2D eigenvalue weighted by Crippen LogP contribution is -2.33. The molecule has 0 amide bonds. The highest BCUT2D eigenvalue weighted by molar-refractivity contribution is 9.10. The van der Waals surface area contributed by atoms with Crippen LogP contribution in [0.2, 0.25) is 0 Å². The molecule has 0 fully saturated rings. The van der Waals surface area contributed by atoms with Crippen molar-refractivity contribution < 1.29 is 9.66 Å². The molecule has 0 unspecified atom stereocenters. The highest BCUT2D eigenvalue weighted by Gasteiger charge is 2.41. The molecule has 0 saturated carbocycles. The molecule has 2 heterocycles. The number of fused-ring (bicyclic) bond motifs is 3. The van der Waals surface area contributed by atoms with Gasteiger partial charge in [0.05, 0.1) is 16.7 Å². The molecule has 2 aliphatic rings. The monoisotopic (exact) mass is 463 g/mol. The Morgan fingerprint density at radius 1 is 1.10 bits per heavy atom. The maximum Gasteiger partial charge on any atom is 0.269 e. The maximum atomic E-state index is 11.0. The van der Waals surface area contributed by atoms with Gasteiger partial charge in [0.15, 0.2) is 0 Å². The number of non-ortho nitro benzene ring substituents is 1. The summed E-state index contributed by atoms with van der Waals surface area (Å²) in [4.78, 5) is 10.6. The van der Waals surface area contributed by atoms with Gasteiger partial charge in [-0.15, -0.1) is 0 Å². The minimum atomic E-state index is -0.451. The Morgan fingerprint density at radius 3 is 2.53 bits per heavy atom. The van der Waals surface area contributed by atoms with Crippen molar-refractivity contribution in [3.63, 3.8) is 0 Å². The smallest absolute Gasteiger partial charge is 0.269 e. The molecule has 0 aliphatic carbocycles. The lowest BCUT2D eigenvalue weighted by molar-refractivity contribution is -0.384. The fourth-order valence-corrected chi connectivity index (χ4v) is 4.34. The van der Waals surface area contributed by atoms with Crippen molar-refractivity contribution >= 4 is 27.3 Å². The Balaban J connectivity index is 1.57. The number of hydrazone groups is 1. The quantitative estimate of drug-likeness (QED) is 0.357. The van der Waals surface area contributed by atoms with Crippen LogP contribution in [0.3, 0.4) is 0 Å². The van der Waals surface area contributed by atoms with E-state index in [1.165, 1.54) is 17.7 Å². The average Bonchev–Trinajstić information content (AvgIpc) is 3.19. The Kier molecular flexibility index (Phi) is 4.55. The van der Waals surface area contributed by atoms with E-state index in [0.29, 0.717) is 0 Å². The third-order valence-electron chi connectivity index (χ3n) is 5.53. The molecule has 6 nitrogen and oxygen atoms in total. The van der Waals surface area contributed by atoms with Crippen LogP contribution in [-0.2, 0) is 0 Å². The zero-order valence-corrected chi connectivity index (χ0v) is 17.7. The van der Waals surface area contributed by atoms with E-state index in [9.17, 15) is 10.1 Å². The van der Waals surface area contributed by atoms with Gasteiger partial charge in [-0.25, -0.2) is 5.01 Å². The number of aryl methyl sites for hydroxylation is 1. The third kappa shape index (κ3) is 3.25. The van der Waals surface area contributed by atoms with Crippen molar-refractivity contribution in [2.45, 2.75) is 25.6 Å². The first-order chi connectivity index (χ1) is 14.5. The van der Waals surface area contributed by atoms with Gasteiger partial charge in [-0.2, -0.15) is 5.10 Å². The molecule has 30 heavy (non-hydrogen) atoms. The summed E-state index contributed by atoms with van der Waals surface area (Å²) in [5.41, 5.74) is 5.26. The summed E-state index contributed by atoms with van der Waals surface area (Å²) in [6.07, 6.45) is 0.312. The van der Waals surface area contributed by atoms with Crippen molar-refractivity contribution in [1.82, 2.24) is 5.01 Å². The van der Waals surface area contributed by atoms with Crippen LogP contribution >= 0.6 is 15.9 Å². The van der Waals surface area contributed by atoms with Crippen molar-refractivity contribution in [2.24, 2.45) is 5.10 Å². The summed E-state index contributed by atoms with van der Waals surface area (Å²) in [5, 5.41) is 17.9. The molecule has 0 spiro atoms. The first kappa shape index (κ1) is 18.8. The molecule has 2 atom stereocenters. The second-order valence-corrected chi connectivity index (χ2v) is 8.43. The third-order valence-corrected chi connectivity index (χ3v) is 6.02. The van der Waals surface area contributed by atoms with Gasteiger partial charge in [0, 0.05) is 34.2 Å². The number of rotatable bonds is 3. The van der Waals surface area contributed by atoms with E-state index in [0.717, 1.165) is 39.0 Å². The van der Waals surface area contributed by atoms with Gasteiger partial charge in [-0.3, -0.25) is 10.1 Å². The van der Waals surface area contributed by atoms with E-state index in [-0.39, 0.29) is 11.7 Å². The van der Waals surface area contributed by atoms with E-state index < -0.39 is 11.2 Å². The second-order valence-electron chi connectivity index (χ2n) is 7.51. The van der Waals surface area contributed by atoms with Crippen LogP contribution in [0.15, 0.2) is 76.3 Å². The molecule has 0 saturated heterocycles. The zero-order chi connectivity index (χ0) is 20.8. The van der Waals surface area contributed by atoms with Gasteiger partial charge >= 0.3 is 0 Å². The summed E-state index contributed by atoms with van der Waals surface area (Å²) in [7, 11) is 0. The summed E-state index contributed by atoms with van der Waals surface area (Å²) in [6.45, 7) is 2.07. The molecule has 7 heteroatoms. The molecular weight excluding hydrogens is 446 g/mol. The fraction of sp³-hybridized carbons (Fsp3) is 0.174. The Morgan fingerprint density at radius 2 is 1.83 bits per heavy atom. The van der Waals surface area contributed by atoms with Gasteiger partial charge < -0.3 is 4.74 Å². The molecule has 3 aromatic rings. The van der Waals surface area contributed by atoms with Crippen molar-refractivity contribution in [3.8, 4) is 5.75 Å². The number of nitrogens with zero attached hydrogens (tertiary/aromatic N) is 3. The predicted molar refractivity (Wildman–Crippen MR) is 118 cm³/mol. The SMILES string of the molecule is Cc1ccc(C2=NN3[C@@H](c4ccc([N+](=O)[O-])cc4)Oc4ccc(Br)cc4[C@@H]3C2)cc1. The Bertz CT molecular complexity index is 1160. The van der Waals surface area contributed by atoms with Crippen LogP contribution in [0.25, 0.3) is 0 Å². The zero-order valence-electron chi connectivity index (χ0n) is 16.2. The minimum absolute atomic E-state index is 0.0303. The number of benzene rings is 3. The highest BCUT2D eigenvalue weighted by atomic mass is 79.9. The molecule has 0 N–H and O–H groups in total. The number of halogens is 1. The number of hydrogen-bond acceptors (Lipinski definition) is 5. The van der Waals surface area contributed by atoms with Crippen LogP contribution in [0.5, 0.6) is 5.75 Å². The molecule has 0 bridgehead atoms. The normalized spacial score (nSPS) is 19.5. The van der Waals surface area contributed by atoms with Crippen LogP contribution < -0.4 is 4.74 Å². The number of hydrogen-bond donors (Lipinski definition) is 0. The second kappa shape index (κ2) is 7.25. The first-order valence-corrected chi connectivity index (χ1v) is 10.4. The van der Waals surface area contributed by atoms with Crippen LogP contribution in [0.4, 0.5) is 5.69 Å². The predicted octanol–water partition coefficient (Wildman–Crippen LogP) is 5.91. The van der Waals surface area contributed by atoms with E-state index in [1.807, 2.05) is 17.1 Å². The molecule has 3 aromatic carbocycles. The average molecular weight is 464 g/mol. The molecule has 5 rings (SSSR count). The largest absolute Gasteiger partial charge is 0.464 e. The Labute approximate surface area is 182 Å². The fourth-order valence-electron chi connectivity index (χ4n) is 3.96. The molecular formula is C23H18BrN3O3. The Hall–Kier alpha value is -3.19. The minimum Gasteiger partial charge on any atom is -0.464 e. The van der Waals surface area contributed by atoms with Gasteiger partial charge in [0.25, 0.3) is 5.69 Å². The van der Waals surface area contributed by atoms with Crippen LogP contribution in [-0.4, -0.2) is 15.6 Å². The molecule has 150 valence electrons. The topological polar surface area (TPSA) is 68.0 Å². The summed E-state index contributed by atoms with van der Waals surface area (Å²) in [6, 6.07) is 20.9. The molecule has 0 radical (unpaired) electrons. The molecule has 0 aromatic heterocycles. The highest BCUT2D eigenvalue weighted by Crippen LogP contribution is 2.48.